The standard InChI is InChI=1S/C15H22N2O3.ClH/c1-4-20-15(19)12-7-5-6-8-13(12)17-14(18)9-10-16-11(2)3;/h5-8,11,16H,4,9-10H2,1-3H3,(H,17,18);1H. The summed E-state index contributed by atoms with van der Waals surface area (Å²) in [7, 11) is 0. The molecule has 0 atom stereocenters. The van der Waals surface area contributed by atoms with Gasteiger partial charge in [0.25, 0.3) is 0 Å². The molecule has 1 aromatic carbocycles. The van der Waals surface area contributed by atoms with Crippen molar-refractivity contribution in [2.24, 2.45) is 0 Å². The van der Waals surface area contributed by atoms with E-state index in [9.17, 15) is 9.59 Å². The number of ether oxygens (including phenoxy) is 1. The average molecular weight is 315 g/mol. The summed E-state index contributed by atoms with van der Waals surface area (Å²) in [6.07, 6.45) is 0.356. The molecule has 0 bridgehead atoms. The highest BCUT2D eigenvalue weighted by Crippen LogP contribution is 2.16. The van der Waals surface area contributed by atoms with Crippen molar-refractivity contribution in [3.05, 3.63) is 29.8 Å². The molecule has 6 heteroatoms. The van der Waals surface area contributed by atoms with Crippen LogP contribution in [0.1, 0.15) is 37.6 Å². The smallest absolute Gasteiger partial charge is 0.340 e. The summed E-state index contributed by atoms with van der Waals surface area (Å²) in [6, 6.07) is 7.18. The predicted molar refractivity (Wildman–Crippen MR) is 86.0 cm³/mol. The molecule has 0 fully saturated rings. The predicted octanol–water partition coefficient (Wildman–Crippen LogP) is 2.61. The Morgan fingerprint density at radius 2 is 1.90 bits per heavy atom. The molecule has 0 aromatic heterocycles. The van der Waals surface area contributed by atoms with Gasteiger partial charge >= 0.3 is 5.97 Å². The third-order valence-electron chi connectivity index (χ3n) is 2.60. The quantitative estimate of drug-likeness (QED) is 0.759. The molecule has 0 unspecified atom stereocenters. The summed E-state index contributed by atoms with van der Waals surface area (Å²) in [5.41, 5.74) is 0.861. The van der Waals surface area contributed by atoms with E-state index >= 15 is 0 Å². The van der Waals surface area contributed by atoms with Crippen molar-refractivity contribution in [1.82, 2.24) is 5.32 Å². The van der Waals surface area contributed by atoms with Gasteiger partial charge in [0, 0.05) is 19.0 Å². The third kappa shape index (κ3) is 7.11. The lowest BCUT2D eigenvalue weighted by Crippen LogP contribution is -2.27. The maximum Gasteiger partial charge on any atom is 0.340 e. The number of benzene rings is 1. The van der Waals surface area contributed by atoms with Gasteiger partial charge < -0.3 is 15.4 Å². The van der Waals surface area contributed by atoms with Crippen molar-refractivity contribution in [2.75, 3.05) is 18.5 Å². The molecule has 5 nitrogen and oxygen atoms in total. The van der Waals surface area contributed by atoms with E-state index < -0.39 is 5.97 Å². The van der Waals surface area contributed by atoms with Crippen LogP contribution in [0.3, 0.4) is 0 Å². The molecule has 1 aromatic rings. The Morgan fingerprint density at radius 3 is 2.52 bits per heavy atom. The Bertz CT molecular complexity index is 464. The van der Waals surface area contributed by atoms with Crippen LogP contribution in [0.5, 0.6) is 0 Å². The number of nitrogens with one attached hydrogen (secondary N) is 2. The van der Waals surface area contributed by atoms with E-state index in [4.69, 9.17) is 4.74 Å². The van der Waals surface area contributed by atoms with Gasteiger partial charge in [-0.2, -0.15) is 0 Å². The summed E-state index contributed by atoms with van der Waals surface area (Å²) in [5.74, 6) is -0.557. The van der Waals surface area contributed by atoms with Crippen LogP contribution in [0.4, 0.5) is 5.69 Å². The fourth-order valence-electron chi connectivity index (χ4n) is 1.67. The Balaban J connectivity index is 0.00000400. The molecule has 1 amide bonds. The number of esters is 1. The van der Waals surface area contributed by atoms with Crippen LogP contribution in [-0.4, -0.2) is 31.1 Å². The van der Waals surface area contributed by atoms with Crippen LogP contribution in [0.25, 0.3) is 0 Å². The minimum atomic E-state index is -0.427. The molecule has 0 saturated carbocycles. The second-order valence-electron chi connectivity index (χ2n) is 4.67. The minimum absolute atomic E-state index is 0. The van der Waals surface area contributed by atoms with Gasteiger partial charge in [0.2, 0.25) is 5.91 Å². The molecule has 21 heavy (non-hydrogen) atoms. The van der Waals surface area contributed by atoms with Gasteiger partial charge in [0.05, 0.1) is 17.9 Å². The summed E-state index contributed by atoms with van der Waals surface area (Å²) < 4.78 is 4.96. The minimum Gasteiger partial charge on any atom is -0.462 e. The zero-order valence-corrected chi connectivity index (χ0v) is 13.5. The summed E-state index contributed by atoms with van der Waals surface area (Å²) in [5, 5.41) is 5.91. The topological polar surface area (TPSA) is 67.4 Å². The molecular weight excluding hydrogens is 292 g/mol. The number of rotatable bonds is 7. The van der Waals surface area contributed by atoms with E-state index in [1.54, 1.807) is 31.2 Å². The van der Waals surface area contributed by atoms with Crippen molar-refractivity contribution in [1.29, 1.82) is 0 Å². The van der Waals surface area contributed by atoms with Gasteiger partial charge in [-0.3, -0.25) is 4.79 Å². The summed E-state index contributed by atoms with van der Waals surface area (Å²) >= 11 is 0. The molecule has 0 aliphatic heterocycles. The van der Waals surface area contributed by atoms with E-state index in [1.807, 2.05) is 13.8 Å². The Hall–Kier alpha value is -1.59. The normalized spacial score (nSPS) is 9.90. The number of amides is 1. The number of hydrogen-bond donors (Lipinski definition) is 2. The van der Waals surface area contributed by atoms with Gasteiger partial charge in [-0.1, -0.05) is 26.0 Å². The second kappa shape index (κ2) is 10.2. The molecule has 0 aliphatic carbocycles. The highest BCUT2D eigenvalue weighted by Gasteiger charge is 2.13. The lowest BCUT2D eigenvalue weighted by molar-refractivity contribution is -0.116. The maximum absolute atomic E-state index is 11.8. The Morgan fingerprint density at radius 1 is 1.24 bits per heavy atom. The first-order valence-corrected chi connectivity index (χ1v) is 6.84. The number of para-hydroxylation sites is 1. The monoisotopic (exact) mass is 314 g/mol. The first-order valence-electron chi connectivity index (χ1n) is 6.84. The molecule has 0 spiro atoms. The third-order valence-corrected chi connectivity index (χ3v) is 2.60. The van der Waals surface area contributed by atoms with Crippen molar-refractivity contribution in [3.8, 4) is 0 Å². The fraction of sp³-hybridized carbons (Fsp3) is 0.467. The van der Waals surface area contributed by atoms with E-state index in [2.05, 4.69) is 10.6 Å². The van der Waals surface area contributed by atoms with E-state index in [0.29, 0.717) is 36.9 Å². The number of hydrogen-bond acceptors (Lipinski definition) is 4. The van der Waals surface area contributed by atoms with Crippen LogP contribution in [0.15, 0.2) is 24.3 Å². The molecule has 0 heterocycles. The van der Waals surface area contributed by atoms with Crippen molar-refractivity contribution in [2.45, 2.75) is 33.2 Å². The van der Waals surface area contributed by atoms with Gasteiger partial charge in [0.15, 0.2) is 0 Å². The van der Waals surface area contributed by atoms with Crippen molar-refractivity contribution >= 4 is 30.0 Å². The number of carbonyl (C=O) groups excluding carboxylic acids is 2. The van der Waals surface area contributed by atoms with Crippen LogP contribution in [-0.2, 0) is 9.53 Å². The molecular formula is C15H23ClN2O3. The molecule has 2 N–H and O–H groups in total. The molecule has 0 aliphatic rings. The highest BCUT2D eigenvalue weighted by atomic mass is 35.5. The van der Waals surface area contributed by atoms with E-state index in [0.717, 1.165) is 0 Å². The van der Waals surface area contributed by atoms with Gasteiger partial charge in [-0.25, -0.2) is 4.79 Å². The first-order chi connectivity index (χ1) is 9.54. The summed E-state index contributed by atoms with van der Waals surface area (Å²) in [6.45, 7) is 6.70. The fourth-order valence-corrected chi connectivity index (χ4v) is 1.67. The largest absolute Gasteiger partial charge is 0.462 e. The molecule has 0 saturated heterocycles. The van der Waals surface area contributed by atoms with Crippen LogP contribution in [0, 0.1) is 0 Å². The maximum atomic E-state index is 11.8. The highest BCUT2D eigenvalue weighted by molar-refractivity contribution is 6.01. The number of halogens is 1. The molecule has 1 rings (SSSR count). The Labute approximate surface area is 131 Å². The van der Waals surface area contributed by atoms with Gasteiger partial charge in [0.1, 0.15) is 0 Å². The summed E-state index contributed by atoms with van der Waals surface area (Å²) in [4.78, 5) is 23.6. The van der Waals surface area contributed by atoms with Gasteiger partial charge in [-0.05, 0) is 19.1 Å². The van der Waals surface area contributed by atoms with Crippen molar-refractivity contribution in [3.63, 3.8) is 0 Å². The molecule has 0 radical (unpaired) electrons. The zero-order valence-electron chi connectivity index (χ0n) is 12.6. The lowest BCUT2D eigenvalue weighted by Gasteiger charge is -2.11. The molecule has 118 valence electrons. The van der Waals surface area contributed by atoms with Crippen LogP contribution < -0.4 is 10.6 Å². The average Bonchev–Trinajstić information content (AvgIpc) is 2.39. The second-order valence-corrected chi connectivity index (χ2v) is 4.67. The SMILES string of the molecule is CCOC(=O)c1ccccc1NC(=O)CCNC(C)C.Cl. The van der Waals surface area contributed by atoms with E-state index in [-0.39, 0.29) is 18.3 Å². The van der Waals surface area contributed by atoms with Gasteiger partial charge in [-0.15, -0.1) is 12.4 Å². The zero-order chi connectivity index (χ0) is 15.0. The van der Waals surface area contributed by atoms with Crippen molar-refractivity contribution < 1.29 is 14.3 Å². The van der Waals surface area contributed by atoms with Crippen LogP contribution >= 0.6 is 12.4 Å². The number of anilines is 1. The lowest BCUT2D eigenvalue weighted by atomic mass is 10.1. The van der Waals surface area contributed by atoms with Crippen LogP contribution in [0.2, 0.25) is 0 Å². The number of carbonyl (C=O) groups is 2. The Kier molecular flexibility index (Phi) is 9.41. The first kappa shape index (κ1) is 19.4. The van der Waals surface area contributed by atoms with E-state index in [1.165, 1.54) is 0 Å².